The van der Waals surface area contributed by atoms with E-state index >= 15 is 0 Å². The van der Waals surface area contributed by atoms with Gasteiger partial charge in [0.15, 0.2) is 5.60 Å². The number of ether oxygens (including phenoxy) is 4. The number of carbonyl (C=O) groups is 2. The highest BCUT2D eigenvalue weighted by molar-refractivity contribution is 5.95. The Morgan fingerprint density at radius 2 is 1.63 bits per heavy atom. The zero-order chi connectivity index (χ0) is 32.9. The number of benzene rings is 3. The first-order valence-electron chi connectivity index (χ1n) is 16.4. The molecule has 2 heterocycles. The van der Waals surface area contributed by atoms with Crippen molar-refractivity contribution >= 4 is 23.6 Å². The maximum absolute atomic E-state index is 13.4. The molecule has 1 atom stereocenters. The summed E-state index contributed by atoms with van der Waals surface area (Å²) in [6.45, 7) is 13.3. The highest BCUT2D eigenvalue weighted by atomic mass is 16.6. The number of likely N-dealkylation sites (tertiary alicyclic amines) is 1. The Kier molecular flexibility index (Phi) is 10.2. The van der Waals surface area contributed by atoms with Gasteiger partial charge in [0.1, 0.15) is 30.1 Å². The van der Waals surface area contributed by atoms with E-state index in [1.54, 1.807) is 20.8 Å². The summed E-state index contributed by atoms with van der Waals surface area (Å²) < 4.78 is 23.9. The molecule has 0 aromatic heterocycles. The maximum atomic E-state index is 13.4. The monoisotopic (exact) mass is 625 g/mol. The Balaban J connectivity index is 1.64. The van der Waals surface area contributed by atoms with Gasteiger partial charge in [-0.25, -0.2) is 0 Å². The maximum Gasteiger partial charge on any atom is 0.315 e. The minimum atomic E-state index is -1.37. The van der Waals surface area contributed by atoms with Gasteiger partial charge in [-0.1, -0.05) is 55.8 Å². The molecule has 1 fully saturated rings. The second-order valence-electron chi connectivity index (χ2n) is 12.9. The van der Waals surface area contributed by atoms with Crippen molar-refractivity contribution in [2.45, 2.75) is 65.9 Å². The second-order valence-corrected chi connectivity index (χ2v) is 12.9. The van der Waals surface area contributed by atoms with E-state index in [2.05, 4.69) is 17.9 Å². The van der Waals surface area contributed by atoms with Gasteiger partial charge in [-0.15, -0.1) is 0 Å². The molecular formula is C39H47NO6. The standard InChI is InChI=1S/C39H47NO6/c1-7-34(41)46-39(5,38(3,4)37(42)43-6)32-20-15-27(2)35(30-25-29-13-9-10-14-33(29)45-26-30)36(32)28-16-18-31(19-17-28)44-24-23-40-21-11-8-12-22-40/h9-10,13-20,25H,7-8,11-12,21-24,26H2,1-6H3. The molecule has 0 aliphatic carbocycles. The lowest BCUT2D eigenvalue weighted by Gasteiger charge is -2.43. The second kappa shape index (κ2) is 14.1. The number of aryl methyl sites for hydroxylation is 1. The summed E-state index contributed by atoms with van der Waals surface area (Å²) in [5.41, 5.74) is 3.90. The highest BCUT2D eigenvalue weighted by Crippen LogP contribution is 2.50. The zero-order valence-electron chi connectivity index (χ0n) is 28.1. The number of esters is 2. The smallest absolute Gasteiger partial charge is 0.315 e. The third-order valence-corrected chi connectivity index (χ3v) is 9.64. The summed E-state index contributed by atoms with van der Waals surface area (Å²) in [5.74, 6) is 0.750. The fourth-order valence-electron chi connectivity index (χ4n) is 6.54. The molecule has 3 aromatic rings. The van der Waals surface area contributed by atoms with Crippen LogP contribution in [0.15, 0.2) is 60.7 Å². The molecule has 1 unspecified atom stereocenters. The largest absolute Gasteiger partial charge is 0.492 e. The molecule has 0 bridgehead atoms. The molecule has 7 nitrogen and oxygen atoms in total. The molecule has 7 heteroatoms. The summed E-state index contributed by atoms with van der Waals surface area (Å²) in [6.07, 6.45) is 6.14. The van der Waals surface area contributed by atoms with Crippen molar-refractivity contribution in [3.8, 4) is 22.6 Å². The fraction of sp³-hybridized carbons (Fsp3) is 0.436. The lowest BCUT2D eigenvalue weighted by molar-refractivity contribution is -0.186. The fourth-order valence-corrected chi connectivity index (χ4v) is 6.54. The number of hydrogen-bond acceptors (Lipinski definition) is 7. The Bertz CT molecular complexity index is 1580. The van der Waals surface area contributed by atoms with Crippen LogP contribution in [0.4, 0.5) is 0 Å². The van der Waals surface area contributed by atoms with Crippen LogP contribution in [0.1, 0.15) is 75.6 Å². The Morgan fingerprint density at radius 1 is 0.913 bits per heavy atom. The van der Waals surface area contributed by atoms with Crippen LogP contribution in [0.2, 0.25) is 0 Å². The van der Waals surface area contributed by atoms with Crippen LogP contribution in [0.5, 0.6) is 11.5 Å². The van der Waals surface area contributed by atoms with Crippen LogP contribution in [0, 0.1) is 12.3 Å². The number of piperidine rings is 1. The van der Waals surface area contributed by atoms with Gasteiger partial charge in [0.2, 0.25) is 0 Å². The topological polar surface area (TPSA) is 74.3 Å². The van der Waals surface area contributed by atoms with Crippen molar-refractivity contribution in [1.82, 2.24) is 4.90 Å². The zero-order valence-corrected chi connectivity index (χ0v) is 28.1. The number of rotatable bonds is 11. The van der Waals surface area contributed by atoms with Crippen LogP contribution in [-0.2, 0) is 24.7 Å². The van der Waals surface area contributed by atoms with Gasteiger partial charge in [-0.3, -0.25) is 14.5 Å². The number of fused-ring (bicyclic) bond motifs is 1. The van der Waals surface area contributed by atoms with E-state index in [4.69, 9.17) is 18.9 Å². The molecule has 0 spiro atoms. The first-order chi connectivity index (χ1) is 22.1. The molecule has 0 amide bonds. The summed E-state index contributed by atoms with van der Waals surface area (Å²) >= 11 is 0. The normalized spacial score (nSPS) is 16.3. The van der Waals surface area contributed by atoms with Crippen molar-refractivity contribution in [1.29, 1.82) is 0 Å². The van der Waals surface area contributed by atoms with Gasteiger partial charge in [-0.05, 0) is 106 Å². The number of nitrogens with zero attached hydrogens (tertiary/aromatic N) is 1. The average molecular weight is 626 g/mol. The van der Waals surface area contributed by atoms with E-state index < -0.39 is 23.0 Å². The summed E-state index contributed by atoms with van der Waals surface area (Å²) in [7, 11) is 1.36. The molecule has 0 radical (unpaired) electrons. The van der Waals surface area contributed by atoms with Gasteiger partial charge in [0.25, 0.3) is 0 Å². The van der Waals surface area contributed by atoms with Crippen molar-refractivity contribution < 1.29 is 28.5 Å². The summed E-state index contributed by atoms with van der Waals surface area (Å²) in [6, 6.07) is 20.0. The van der Waals surface area contributed by atoms with E-state index in [-0.39, 0.29) is 6.42 Å². The minimum Gasteiger partial charge on any atom is -0.492 e. The lowest BCUT2D eigenvalue weighted by Crippen LogP contribution is -2.49. The predicted octanol–water partition coefficient (Wildman–Crippen LogP) is 7.83. The van der Waals surface area contributed by atoms with Crippen LogP contribution in [0.3, 0.4) is 0 Å². The molecule has 0 saturated carbocycles. The molecule has 0 N–H and O–H groups in total. The average Bonchev–Trinajstić information content (AvgIpc) is 3.08. The molecule has 5 rings (SSSR count). The number of hydrogen-bond donors (Lipinski definition) is 0. The quantitative estimate of drug-likeness (QED) is 0.201. The van der Waals surface area contributed by atoms with Gasteiger partial charge in [0, 0.05) is 24.1 Å². The first-order valence-corrected chi connectivity index (χ1v) is 16.4. The van der Waals surface area contributed by atoms with E-state index in [0.717, 1.165) is 64.5 Å². The molecule has 2 aliphatic heterocycles. The predicted molar refractivity (Wildman–Crippen MR) is 182 cm³/mol. The van der Waals surface area contributed by atoms with Gasteiger partial charge in [-0.2, -0.15) is 0 Å². The molecular weight excluding hydrogens is 578 g/mol. The Labute approximate surface area is 273 Å². The molecule has 1 saturated heterocycles. The van der Waals surface area contributed by atoms with Gasteiger partial charge < -0.3 is 18.9 Å². The summed E-state index contributed by atoms with van der Waals surface area (Å²) in [5, 5.41) is 0. The van der Waals surface area contributed by atoms with E-state index in [1.165, 1.54) is 26.4 Å². The summed E-state index contributed by atoms with van der Waals surface area (Å²) in [4.78, 5) is 28.8. The van der Waals surface area contributed by atoms with Crippen molar-refractivity contribution in [2.24, 2.45) is 5.41 Å². The molecule has 3 aromatic carbocycles. The van der Waals surface area contributed by atoms with Crippen LogP contribution >= 0.6 is 0 Å². The Hall–Kier alpha value is -4.10. The van der Waals surface area contributed by atoms with Gasteiger partial charge >= 0.3 is 11.9 Å². The van der Waals surface area contributed by atoms with Crippen molar-refractivity contribution in [2.75, 3.05) is 40.0 Å². The van der Waals surface area contributed by atoms with E-state index in [1.807, 2.05) is 67.6 Å². The van der Waals surface area contributed by atoms with Crippen LogP contribution in [0.25, 0.3) is 22.8 Å². The Morgan fingerprint density at radius 3 is 2.33 bits per heavy atom. The van der Waals surface area contributed by atoms with Crippen LogP contribution < -0.4 is 9.47 Å². The third-order valence-electron chi connectivity index (χ3n) is 9.64. The number of carbonyl (C=O) groups excluding carboxylic acids is 2. The molecule has 46 heavy (non-hydrogen) atoms. The third kappa shape index (κ3) is 6.70. The van der Waals surface area contributed by atoms with Crippen molar-refractivity contribution in [3.05, 3.63) is 82.9 Å². The SMILES string of the molecule is CCC(=O)OC(C)(c1ccc(C)c(C2=Cc3ccccc3OC2)c1-c1ccc(OCCN2CCCCC2)cc1)C(C)(C)C(=O)OC. The molecule has 244 valence electrons. The van der Waals surface area contributed by atoms with E-state index in [9.17, 15) is 9.59 Å². The highest BCUT2D eigenvalue weighted by Gasteiger charge is 2.53. The lowest BCUT2D eigenvalue weighted by atomic mass is 9.68. The number of methoxy groups -OCH3 is 1. The van der Waals surface area contributed by atoms with E-state index in [0.29, 0.717) is 18.8 Å². The minimum absolute atomic E-state index is 0.167. The van der Waals surface area contributed by atoms with Crippen LogP contribution in [-0.4, -0.2) is 56.8 Å². The van der Waals surface area contributed by atoms with Gasteiger partial charge in [0.05, 0.1) is 7.11 Å². The number of para-hydroxylation sites is 1. The van der Waals surface area contributed by atoms with Crippen molar-refractivity contribution in [3.63, 3.8) is 0 Å². The molecule has 2 aliphatic rings. The first kappa shape index (κ1) is 33.3.